The van der Waals surface area contributed by atoms with Crippen LogP contribution < -0.4 is 14.8 Å². The zero-order valence-corrected chi connectivity index (χ0v) is 17.4. The Hall–Kier alpha value is -2.86. The highest BCUT2D eigenvalue weighted by atomic mass is 32.1. The number of methoxy groups -OCH3 is 2. The van der Waals surface area contributed by atoms with Gasteiger partial charge in [-0.15, -0.1) is 11.3 Å². The first-order valence-electron chi connectivity index (χ1n) is 9.63. The predicted molar refractivity (Wildman–Crippen MR) is 115 cm³/mol. The molecule has 0 aliphatic heterocycles. The molecule has 1 aromatic heterocycles. The van der Waals surface area contributed by atoms with Crippen LogP contribution in [0.2, 0.25) is 0 Å². The van der Waals surface area contributed by atoms with Crippen LogP contribution in [0.25, 0.3) is 0 Å². The molecule has 5 nitrogen and oxygen atoms in total. The van der Waals surface area contributed by atoms with Gasteiger partial charge in [-0.1, -0.05) is 30.3 Å². The Morgan fingerprint density at radius 2 is 1.86 bits per heavy atom. The highest BCUT2D eigenvalue weighted by Crippen LogP contribution is 2.49. The Balaban J connectivity index is 1.39. The van der Waals surface area contributed by atoms with E-state index in [1.54, 1.807) is 14.2 Å². The Bertz CT molecular complexity index is 993. The molecule has 0 spiro atoms. The molecular weight excluding hydrogens is 384 g/mol. The molecule has 1 aliphatic carbocycles. The number of para-hydroxylation sites is 1. The second-order valence-corrected chi connectivity index (χ2v) is 8.49. The number of carbonyl (C=O) groups is 1. The summed E-state index contributed by atoms with van der Waals surface area (Å²) in [4.78, 5) is 18.4. The zero-order chi connectivity index (χ0) is 20.3. The molecule has 0 atom stereocenters. The summed E-state index contributed by atoms with van der Waals surface area (Å²) in [6, 6.07) is 15.9. The fourth-order valence-corrected chi connectivity index (χ4v) is 4.31. The molecule has 0 bridgehead atoms. The maximum Gasteiger partial charge on any atom is 0.232 e. The lowest BCUT2D eigenvalue weighted by Gasteiger charge is -2.14. The molecule has 1 amide bonds. The topological polar surface area (TPSA) is 60.5 Å². The molecule has 6 heteroatoms. The summed E-state index contributed by atoms with van der Waals surface area (Å²) in [5.41, 5.74) is 1.94. The normalized spacial score (nSPS) is 14.3. The molecule has 0 radical (unpaired) electrons. The minimum Gasteiger partial charge on any atom is -0.497 e. The molecule has 150 valence electrons. The van der Waals surface area contributed by atoms with Gasteiger partial charge in [0, 0.05) is 17.5 Å². The van der Waals surface area contributed by atoms with Crippen molar-refractivity contribution in [1.82, 2.24) is 4.98 Å². The average molecular weight is 409 g/mol. The van der Waals surface area contributed by atoms with Gasteiger partial charge in [-0.2, -0.15) is 0 Å². The van der Waals surface area contributed by atoms with E-state index in [1.165, 1.54) is 11.3 Å². The molecule has 1 saturated carbocycles. The van der Waals surface area contributed by atoms with Crippen molar-refractivity contribution >= 4 is 22.4 Å². The third kappa shape index (κ3) is 4.43. The van der Waals surface area contributed by atoms with E-state index in [0.717, 1.165) is 53.2 Å². The van der Waals surface area contributed by atoms with E-state index in [4.69, 9.17) is 9.47 Å². The van der Waals surface area contributed by atoms with Crippen molar-refractivity contribution in [2.75, 3.05) is 19.5 Å². The van der Waals surface area contributed by atoms with E-state index in [2.05, 4.69) is 10.3 Å². The molecule has 1 N–H and O–H groups in total. The second kappa shape index (κ2) is 8.25. The lowest BCUT2D eigenvalue weighted by Crippen LogP contribution is -2.26. The summed E-state index contributed by atoms with van der Waals surface area (Å²) < 4.78 is 10.6. The summed E-state index contributed by atoms with van der Waals surface area (Å²) in [6.45, 7) is 0. The maximum atomic E-state index is 12.9. The van der Waals surface area contributed by atoms with Gasteiger partial charge in [0.2, 0.25) is 5.91 Å². The van der Waals surface area contributed by atoms with Crippen molar-refractivity contribution in [3.63, 3.8) is 0 Å². The van der Waals surface area contributed by atoms with Crippen LogP contribution in [0.15, 0.2) is 54.7 Å². The summed E-state index contributed by atoms with van der Waals surface area (Å²) in [7, 11) is 3.33. The number of ether oxygens (including phenoxy) is 2. The van der Waals surface area contributed by atoms with E-state index in [0.29, 0.717) is 5.13 Å². The highest BCUT2D eigenvalue weighted by Gasteiger charge is 2.49. The van der Waals surface area contributed by atoms with E-state index < -0.39 is 0 Å². The SMILES string of the molecule is COc1ccc(CC2(C(=O)Nc3ncc(Cc4ccccc4OC)s3)CC2)cc1. The quantitative estimate of drug-likeness (QED) is 0.586. The summed E-state index contributed by atoms with van der Waals surface area (Å²) in [6.07, 6.45) is 5.11. The number of thiazole rings is 1. The molecule has 0 unspecified atom stereocenters. The number of benzene rings is 2. The van der Waals surface area contributed by atoms with Gasteiger partial charge >= 0.3 is 0 Å². The number of carbonyl (C=O) groups excluding carboxylic acids is 1. The monoisotopic (exact) mass is 408 g/mol. The third-order valence-electron chi connectivity index (χ3n) is 5.37. The molecule has 2 aromatic carbocycles. The number of nitrogens with zero attached hydrogens (tertiary/aromatic N) is 1. The van der Waals surface area contributed by atoms with E-state index in [1.807, 2.05) is 54.7 Å². The number of amides is 1. The van der Waals surface area contributed by atoms with E-state index in [9.17, 15) is 4.79 Å². The second-order valence-electron chi connectivity index (χ2n) is 7.38. The van der Waals surface area contributed by atoms with Crippen molar-refractivity contribution in [2.45, 2.75) is 25.7 Å². The van der Waals surface area contributed by atoms with Gasteiger partial charge in [0.1, 0.15) is 11.5 Å². The number of rotatable bonds is 8. The van der Waals surface area contributed by atoms with Crippen LogP contribution >= 0.6 is 11.3 Å². The Kier molecular flexibility index (Phi) is 5.53. The van der Waals surface area contributed by atoms with Crippen LogP contribution in [0.1, 0.15) is 28.8 Å². The van der Waals surface area contributed by atoms with Crippen molar-refractivity contribution in [3.8, 4) is 11.5 Å². The maximum absolute atomic E-state index is 12.9. The number of anilines is 1. The largest absolute Gasteiger partial charge is 0.497 e. The van der Waals surface area contributed by atoms with Gasteiger partial charge in [-0.25, -0.2) is 4.98 Å². The Morgan fingerprint density at radius 3 is 2.55 bits per heavy atom. The fourth-order valence-electron chi connectivity index (χ4n) is 3.48. The first-order chi connectivity index (χ1) is 14.1. The van der Waals surface area contributed by atoms with Gasteiger partial charge < -0.3 is 14.8 Å². The molecule has 0 saturated heterocycles. The Labute approximate surface area is 174 Å². The van der Waals surface area contributed by atoms with Crippen LogP contribution in [0.4, 0.5) is 5.13 Å². The highest BCUT2D eigenvalue weighted by molar-refractivity contribution is 7.15. The van der Waals surface area contributed by atoms with Crippen molar-refractivity contribution in [1.29, 1.82) is 0 Å². The van der Waals surface area contributed by atoms with Gasteiger partial charge in [-0.3, -0.25) is 4.79 Å². The first-order valence-corrected chi connectivity index (χ1v) is 10.4. The summed E-state index contributed by atoms with van der Waals surface area (Å²) >= 11 is 1.52. The van der Waals surface area contributed by atoms with Crippen LogP contribution in [-0.4, -0.2) is 25.1 Å². The van der Waals surface area contributed by atoms with Gasteiger partial charge in [0.15, 0.2) is 5.13 Å². The molecule has 3 aromatic rings. The van der Waals surface area contributed by atoms with Gasteiger partial charge in [-0.05, 0) is 48.6 Å². The minimum absolute atomic E-state index is 0.0616. The minimum atomic E-state index is -0.316. The summed E-state index contributed by atoms with van der Waals surface area (Å²) in [5.74, 6) is 1.75. The van der Waals surface area contributed by atoms with Crippen molar-refractivity contribution in [2.24, 2.45) is 5.41 Å². The molecule has 4 rings (SSSR count). The standard InChI is InChI=1S/C23H24N2O3S/c1-27-18-9-7-16(8-10-18)14-23(11-12-23)21(26)25-22-24-15-19(29-22)13-17-5-3-4-6-20(17)28-2/h3-10,15H,11-14H2,1-2H3,(H,24,25,26). The number of hydrogen-bond acceptors (Lipinski definition) is 5. The first kappa shape index (κ1) is 19.5. The molecule has 29 heavy (non-hydrogen) atoms. The number of aromatic nitrogens is 1. The lowest BCUT2D eigenvalue weighted by molar-refractivity contribution is -0.121. The molecule has 1 fully saturated rings. The van der Waals surface area contributed by atoms with Crippen LogP contribution in [0, 0.1) is 5.41 Å². The smallest absolute Gasteiger partial charge is 0.232 e. The third-order valence-corrected chi connectivity index (χ3v) is 6.28. The Morgan fingerprint density at radius 1 is 1.10 bits per heavy atom. The van der Waals surface area contributed by atoms with E-state index in [-0.39, 0.29) is 11.3 Å². The molecule has 1 aliphatic rings. The zero-order valence-electron chi connectivity index (χ0n) is 16.6. The van der Waals surface area contributed by atoms with Crippen LogP contribution in [0.3, 0.4) is 0 Å². The number of hydrogen-bond donors (Lipinski definition) is 1. The van der Waals surface area contributed by atoms with Gasteiger partial charge in [0.05, 0.1) is 19.6 Å². The molecule has 1 heterocycles. The van der Waals surface area contributed by atoms with Gasteiger partial charge in [0.25, 0.3) is 0 Å². The van der Waals surface area contributed by atoms with Crippen molar-refractivity contribution < 1.29 is 14.3 Å². The van der Waals surface area contributed by atoms with Crippen LogP contribution in [0.5, 0.6) is 11.5 Å². The van der Waals surface area contributed by atoms with Crippen molar-refractivity contribution in [3.05, 3.63) is 70.7 Å². The predicted octanol–water partition coefficient (Wildman–Crippen LogP) is 4.71. The average Bonchev–Trinajstić information content (AvgIpc) is 3.41. The molecular formula is C23H24N2O3S. The lowest BCUT2D eigenvalue weighted by atomic mass is 9.95. The fraction of sp³-hybridized carbons (Fsp3) is 0.304. The van der Waals surface area contributed by atoms with E-state index >= 15 is 0 Å². The van der Waals surface area contributed by atoms with Crippen LogP contribution in [-0.2, 0) is 17.6 Å². The number of nitrogens with one attached hydrogen (secondary N) is 1. The summed E-state index contributed by atoms with van der Waals surface area (Å²) in [5, 5.41) is 3.69.